The van der Waals surface area contributed by atoms with Gasteiger partial charge in [0.05, 0.1) is 7.11 Å². The summed E-state index contributed by atoms with van der Waals surface area (Å²) in [5, 5.41) is 10.9. The van der Waals surface area contributed by atoms with Crippen molar-refractivity contribution in [1.82, 2.24) is 0 Å². The summed E-state index contributed by atoms with van der Waals surface area (Å²) in [4.78, 5) is 0. The maximum atomic E-state index is 10.9. The molecule has 18 heavy (non-hydrogen) atoms. The van der Waals surface area contributed by atoms with Gasteiger partial charge in [-0.1, -0.05) is 36.4 Å². The van der Waals surface area contributed by atoms with Gasteiger partial charge in [0.15, 0.2) is 0 Å². The Morgan fingerprint density at radius 2 is 1.78 bits per heavy atom. The number of hydrogen-bond donors (Lipinski definition) is 1. The molecule has 0 saturated heterocycles. The Morgan fingerprint density at radius 3 is 2.50 bits per heavy atom. The van der Waals surface area contributed by atoms with Gasteiger partial charge in [0.25, 0.3) is 0 Å². The van der Waals surface area contributed by atoms with Crippen molar-refractivity contribution < 1.29 is 9.84 Å². The molecule has 3 rings (SSSR count). The summed E-state index contributed by atoms with van der Waals surface area (Å²) in [6, 6.07) is 15.8. The first-order chi connectivity index (χ1) is 8.74. The molecule has 0 heterocycles. The van der Waals surface area contributed by atoms with Crippen molar-refractivity contribution in [2.75, 3.05) is 7.11 Å². The van der Waals surface area contributed by atoms with E-state index in [-0.39, 0.29) is 0 Å². The number of fused-ring (bicyclic) bond motifs is 1. The minimum Gasteiger partial charge on any atom is -0.497 e. The first-order valence-corrected chi connectivity index (χ1v) is 6.19. The zero-order valence-electron chi connectivity index (χ0n) is 10.4. The third-order valence-corrected chi connectivity index (χ3v) is 3.79. The Morgan fingerprint density at radius 1 is 1.06 bits per heavy atom. The van der Waals surface area contributed by atoms with E-state index in [0.717, 1.165) is 29.7 Å². The molecular formula is C16H16O2. The average Bonchev–Trinajstić information content (AvgIpc) is 2.78. The van der Waals surface area contributed by atoms with Crippen LogP contribution < -0.4 is 4.74 Å². The maximum Gasteiger partial charge on any atom is 0.118 e. The lowest BCUT2D eigenvalue weighted by atomic mass is 9.88. The minimum absolute atomic E-state index is 0.749. The number of methoxy groups -OCH3 is 1. The smallest absolute Gasteiger partial charge is 0.118 e. The highest BCUT2D eigenvalue weighted by Crippen LogP contribution is 2.42. The molecule has 1 unspecified atom stereocenters. The van der Waals surface area contributed by atoms with E-state index < -0.39 is 5.60 Å². The normalized spacial score (nSPS) is 21.7. The van der Waals surface area contributed by atoms with Gasteiger partial charge >= 0.3 is 0 Å². The van der Waals surface area contributed by atoms with E-state index in [1.807, 2.05) is 42.5 Å². The summed E-state index contributed by atoms with van der Waals surface area (Å²) in [5.41, 5.74) is 2.38. The molecule has 92 valence electrons. The molecule has 2 heteroatoms. The first-order valence-electron chi connectivity index (χ1n) is 6.19. The van der Waals surface area contributed by atoms with Crippen molar-refractivity contribution in [3.05, 3.63) is 65.2 Å². The standard InChI is InChI=1S/C16H16O2/c1-18-14-8-6-13(7-9-14)16(17)11-10-12-4-2-3-5-15(12)16/h2-9,17H,10-11H2,1H3. The van der Waals surface area contributed by atoms with Crippen LogP contribution in [0.15, 0.2) is 48.5 Å². The van der Waals surface area contributed by atoms with Gasteiger partial charge in [-0.15, -0.1) is 0 Å². The molecule has 1 aliphatic rings. The van der Waals surface area contributed by atoms with Crippen LogP contribution in [-0.4, -0.2) is 12.2 Å². The van der Waals surface area contributed by atoms with Crippen LogP contribution in [0.1, 0.15) is 23.1 Å². The molecule has 2 nitrogen and oxygen atoms in total. The molecule has 0 aromatic heterocycles. The van der Waals surface area contributed by atoms with Crippen LogP contribution in [0, 0.1) is 0 Å². The van der Waals surface area contributed by atoms with Crippen LogP contribution in [0.3, 0.4) is 0 Å². The molecule has 1 atom stereocenters. The van der Waals surface area contributed by atoms with E-state index in [0.29, 0.717) is 0 Å². The predicted molar refractivity (Wildman–Crippen MR) is 70.8 cm³/mol. The lowest BCUT2D eigenvalue weighted by Gasteiger charge is -2.24. The molecule has 1 aliphatic carbocycles. The Kier molecular flexibility index (Phi) is 2.60. The van der Waals surface area contributed by atoms with Crippen molar-refractivity contribution in [3.8, 4) is 5.75 Å². The second kappa shape index (κ2) is 4.14. The molecule has 2 aromatic rings. The lowest BCUT2D eigenvalue weighted by molar-refractivity contribution is 0.0829. The van der Waals surface area contributed by atoms with Crippen LogP contribution in [0.5, 0.6) is 5.75 Å². The van der Waals surface area contributed by atoms with Crippen LogP contribution in [-0.2, 0) is 12.0 Å². The number of rotatable bonds is 2. The van der Waals surface area contributed by atoms with E-state index in [2.05, 4.69) is 6.07 Å². The summed E-state index contributed by atoms with van der Waals surface area (Å²) in [7, 11) is 1.65. The van der Waals surface area contributed by atoms with Gasteiger partial charge in [0.1, 0.15) is 11.4 Å². The summed E-state index contributed by atoms with van der Waals surface area (Å²) < 4.78 is 5.15. The number of benzene rings is 2. The van der Waals surface area contributed by atoms with Gasteiger partial charge in [0, 0.05) is 0 Å². The topological polar surface area (TPSA) is 29.5 Å². The monoisotopic (exact) mass is 240 g/mol. The lowest BCUT2D eigenvalue weighted by Crippen LogP contribution is -2.23. The summed E-state index contributed by atoms with van der Waals surface area (Å²) >= 11 is 0. The van der Waals surface area contributed by atoms with E-state index in [1.54, 1.807) is 7.11 Å². The Bertz CT molecular complexity index is 560. The quantitative estimate of drug-likeness (QED) is 0.874. The van der Waals surface area contributed by atoms with Crippen molar-refractivity contribution in [3.63, 3.8) is 0 Å². The molecule has 0 spiro atoms. The molecule has 1 N–H and O–H groups in total. The summed E-state index contributed by atoms with van der Waals surface area (Å²) in [6.07, 6.45) is 1.68. The Labute approximate surface area is 107 Å². The molecular weight excluding hydrogens is 224 g/mol. The zero-order chi connectivity index (χ0) is 12.6. The van der Waals surface area contributed by atoms with Crippen molar-refractivity contribution >= 4 is 0 Å². The van der Waals surface area contributed by atoms with Crippen LogP contribution in [0.4, 0.5) is 0 Å². The third-order valence-electron chi connectivity index (χ3n) is 3.79. The maximum absolute atomic E-state index is 10.9. The van der Waals surface area contributed by atoms with E-state index in [1.165, 1.54) is 5.56 Å². The highest BCUT2D eigenvalue weighted by molar-refractivity contribution is 5.46. The molecule has 0 bridgehead atoms. The van der Waals surface area contributed by atoms with Gasteiger partial charge in [-0.05, 0) is 41.7 Å². The largest absolute Gasteiger partial charge is 0.497 e. The zero-order valence-corrected chi connectivity index (χ0v) is 10.4. The molecule has 0 amide bonds. The molecule has 2 aromatic carbocycles. The van der Waals surface area contributed by atoms with Gasteiger partial charge in [-0.3, -0.25) is 0 Å². The molecule has 0 fully saturated rings. The fraction of sp³-hybridized carbons (Fsp3) is 0.250. The van der Waals surface area contributed by atoms with Crippen LogP contribution in [0.25, 0.3) is 0 Å². The first kappa shape index (κ1) is 11.3. The number of aryl methyl sites for hydroxylation is 1. The van der Waals surface area contributed by atoms with Crippen molar-refractivity contribution in [2.45, 2.75) is 18.4 Å². The van der Waals surface area contributed by atoms with Gasteiger partial charge < -0.3 is 9.84 Å². The highest BCUT2D eigenvalue weighted by atomic mass is 16.5. The number of aliphatic hydroxyl groups is 1. The van der Waals surface area contributed by atoms with Crippen LogP contribution in [0.2, 0.25) is 0 Å². The van der Waals surface area contributed by atoms with E-state index >= 15 is 0 Å². The second-order valence-electron chi connectivity index (χ2n) is 4.75. The summed E-state index contributed by atoms with van der Waals surface area (Å²) in [6.45, 7) is 0. The van der Waals surface area contributed by atoms with Gasteiger partial charge in [-0.25, -0.2) is 0 Å². The van der Waals surface area contributed by atoms with E-state index in [4.69, 9.17) is 4.74 Å². The van der Waals surface area contributed by atoms with Gasteiger partial charge in [-0.2, -0.15) is 0 Å². The minimum atomic E-state index is -0.844. The third kappa shape index (κ3) is 1.61. The Hall–Kier alpha value is -1.80. The second-order valence-corrected chi connectivity index (χ2v) is 4.75. The summed E-state index contributed by atoms with van der Waals surface area (Å²) in [5.74, 6) is 0.814. The molecule has 0 aliphatic heterocycles. The number of ether oxygens (including phenoxy) is 1. The average molecular weight is 240 g/mol. The van der Waals surface area contributed by atoms with Crippen molar-refractivity contribution in [1.29, 1.82) is 0 Å². The van der Waals surface area contributed by atoms with Crippen molar-refractivity contribution in [2.24, 2.45) is 0 Å². The fourth-order valence-electron chi connectivity index (χ4n) is 2.76. The fourth-order valence-corrected chi connectivity index (χ4v) is 2.76. The molecule has 0 saturated carbocycles. The van der Waals surface area contributed by atoms with Crippen LogP contribution >= 0.6 is 0 Å². The van der Waals surface area contributed by atoms with Gasteiger partial charge in [0.2, 0.25) is 0 Å². The predicted octanol–water partition coefficient (Wildman–Crippen LogP) is 2.88. The van der Waals surface area contributed by atoms with E-state index in [9.17, 15) is 5.11 Å². The Balaban J connectivity index is 2.05. The SMILES string of the molecule is COc1ccc(C2(O)CCc3ccccc32)cc1. The number of hydrogen-bond acceptors (Lipinski definition) is 2. The highest BCUT2D eigenvalue weighted by Gasteiger charge is 2.37. The molecule has 0 radical (unpaired) electrons.